The van der Waals surface area contributed by atoms with Gasteiger partial charge in [0.15, 0.2) is 0 Å². The number of rotatable bonds is 6. The fourth-order valence-electron chi connectivity index (χ4n) is 2.43. The fourth-order valence-corrected chi connectivity index (χ4v) is 2.43. The van der Waals surface area contributed by atoms with Gasteiger partial charge in [0, 0.05) is 23.6 Å². The number of alkyl halides is 2. The van der Waals surface area contributed by atoms with Gasteiger partial charge in [-0.3, -0.25) is 9.78 Å². The summed E-state index contributed by atoms with van der Waals surface area (Å²) in [6.07, 6.45) is 4.28. The lowest BCUT2D eigenvalue weighted by molar-refractivity contribution is -0.0498. The van der Waals surface area contributed by atoms with E-state index in [4.69, 9.17) is 0 Å². The molecule has 3 aromatic rings. The van der Waals surface area contributed by atoms with Crippen LogP contribution < -0.4 is 10.1 Å². The van der Waals surface area contributed by atoms with Gasteiger partial charge in [-0.05, 0) is 66.1 Å². The monoisotopic (exact) mass is 354 g/mol. The van der Waals surface area contributed by atoms with Crippen molar-refractivity contribution in [1.29, 1.82) is 0 Å². The van der Waals surface area contributed by atoms with E-state index >= 15 is 0 Å². The van der Waals surface area contributed by atoms with E-state index < -0.39 is 6.61 Å². The number of hydrogen-bond acceptors (Lipinski definition) is 3. The molecule has 0 bridgehead atoms. The zero-order chi connectivity index (χ0) is 18.4. The SMILES string of the molecule is O=C(Nc1ccc(Cc2ccncc2)cc1)c1ccc(OC(F)F)cc1. The predicted octanol–water partition coefficient (Wildman–Crippen LogP) is 4.53. The van der Waals surface area contributed by atoms with Crippen molar-refractivity contribution in [2.75, 3.05) is 5.32 Å². The molecular formula is C20H16F2N2O2. The van der Waals surface area contributed by atoms with Crippen molar-refractivity contribution < 1.29 is 18.3 Å². The van der Waals surface area contributed by atoms with Gasteiger partial charge in [-0.15, -0.1) is 0 Å². The van der Waals surface area contributed by atoms with Gasteiger partial charge >= 0.3 is 6.61 Å². The number of aromatic nitrogens is 1. The van der Waals surface area contributed by atoms with Crippen LogP contribution in [-0.4, -0.2) is 17.5 Å². The molecule has 0 aliphatic carbocycles. The summed E-state index contributed by atoms with van der Waals surface area (Å²) in [5.74, 6) is -0.313. The number of benzene rings is 2. The maximum absolute atomic E-state index is 12.2. The van der Waals surface area contributed by atoms with E-state index in [-0.39, 0.29) is 11.7 Å². The molecule has 1 heterocycles. The number of nitrogens with zero attached hydrogens (tertiary/aromatic N) is 1. The van der Waals surface area contributed by atoms with Gasteiger partial charge in [0.25, 0.3) is 5.91 Å². The van der Waals surface area contributed by atoms with Crippen molar-refractivity contribution in [3.05, 3.63) is 89.7 Å². The van der Waals surface area contributed by atoms with Gasteiger partial charge in [0.2, 0.25) is 0 Å². The summed E-state index contributed by atoms with van der Waals surface area (Å²) in [6.45, 7) is -2.89. The minimum Gasteiger partial charge on any atom is -0.435 e. The Balaban J connectivity index is 1.60. The topological polar surface area (TPSA) is 51.2 Å². The Bertz CT molecular complexity index is 851. The van der Waals surface area contributed by atoms with Crippen LogP contribution in [0.25, 0.3) is 0 Å². The second-order valence-electron chi connectivity index (χ2n) is 5.59. The molecule has 0 spiro atoms. The summed E-state index contributed by atoms with van der Waals surface area (Å²) >= 11 is 0. The van der Waals surface area contributed by atoms with Gasteiger partial charge in [-0.1, -0.05) is 12.1 Å². The van der Waals surface area contributed by atoms with Crippen LogP contribution in [0.2, 0.25) is 0 Å². The average molecular weight is 354 g/mol. The first-order chi connectivity index (χ1) is 12.6. The third-order valence-electron chi connectivity index (χ3n) is 3.71. The summed E-state index contributed by atoms with van der Waals surface area (Å²) in [6, 6.07) is 17.0. The van der Waals surface area contributed by atoms with Crippen LogP contribution >= 0.6 is 0 Å². The standard InChI is InChI=1S/C20H16F2N2O2/c21-20(22)26-18-7-3-16(4-8-18)19(25)24-17-5-1-14(2-6-17)13-15-9-11-23-12-10-15/h1-12,20H,13H2,(H,24,25). The van der Waals surface area contributed by atoms with E-state index in [2.05, 4.69) is 15.0 Å². The Labute approximate surface area is 149 Å². The summed E-state index contributed by atoms with van der Waals surface area (Å²) in [5.41, 5.74) is 3.28. The molecule has 132 valence electrons. The molecule has 0 saturated heterocycles. The van der Waals surface area contributed by atoms with E-state index in [0.29, 0.717) is 11.3 Å². The number of ether oxygens (including phenoxy) is 1. The van der Waals surface area contributed by atoms with Crippen LogP contribution in [0.4, 0.5) is 14.5 Å². The number of carbonyl (C=O) groups excluding carboxylic acids is 1. The van der Waals surface area contributed by atoms with Crippen molar-refractivity contribution in [2.24, 2.45) is 0 Å². The highest BCUT2D eigenvalue weighted by molar-refractivity contribution is 6.04. The van der Waals surface area contributed by atoms with Gasteiger partial charge in [0.05, 0.1) is 0 Å². The lowest BCUT2D eigenvalue weighted by Gasteiger charge is -2.08. The molecule has 0 fully saturated rings. The molecule has 1 aromatic heterocycles. The van der Waals surface area contributed by atoms with Crippen LogP contribution in [0.5, 0.6) is 5.75 Å². The minimum absolute atomic E-state index is 0.0111. The average Bonchev–Trinajstić information content (AvgIpc) is 2.64. The molecule has 0 aliphatic rings. The van der Waals surface area contributed by atoms with Crippen molar-refractivity contribution in [3.63, 3.8) is 0 Å². The van der Waals surface area contributed by atoms with Crippen LogP contribution in [0.15, 0.2) is 73.1 Å². The van der Waals surface area contributed by atoms with E-state index in [1.165, 1.54) is 24.3 Å². The third-order valence-corrected chi connectivity index (χ3v) is 3.71. The number of anilines is 1. The molecule has 0 radical (unpaired) electrons. The zero-order valence-electron chi connectivity index (χ0n) is 13.7. The van der Waals surface area contributed by atoms with Crippen molar-refractivity contribution in [3.8, 4) is 5.75 Å². The Kier molecular flexibility index (Phi) is 5.53. The number of pyridine rings is 1. The molecule has 26 heavy (non-hydrogen) atoms. The molecular weight excluding hydrogens is 338 g/mol. The summed E-state index contributed by atoms with van der Waals surface area (Å²) < 4.78 is 28.5. The number of hydrogen-bond donors (Lipinski definition) is 1. The van der Waals surface area contributed by atoms with Crippen LogP contribution in [0, 0.1) is 0 Å². The zero-order valence-corrected chi connectivity index (χ0v) is 13.7. The fraction of sp³-hybridized carbons (Fsp3) is 0.100. The molecule has 4 nitrogen and oxygen atoms in total. The lowest BCUT2D eigenvalue weighted by Crippen LogP contribution is -2.12. The Hall–Kier alpha value is -3.28. The smallest absolute Gasteiger partial charge is 0.387 e. The maximum Gasteiger partial charge on any atom is 0.387 e. The Morgan fingerprint density at radius 2 is 1.54 bits per heavy atom. The summed E-state index contributed by atoms with van der Waals surface area (Å²) in [7, 11) is 0. The van der Waals surface area contributed by atoms with E-state index in [0.717, 1.165) is 17.5 Å². The number of amides is 1. The Morgan fingerprint density at radius 1 is 0.923 bits per heavy atom. The molecule has 6 heteroatoms. The largest absolute Gasteiger partial charge is 0.435 e. The number of halogens is 2. The normalized spacial score (nSPS) is 10.6. The first-order valence-corrected chi connectivity index (χ1v) is 7.94. The van der Waals surface area contributed by atoms with Gasteiger partial charge in [0.1, 0.15) is 5.75 Å². The van der Waals surface area contributed by atoms with E-state index in [1.807, 2.05) is 36.4 Å². The van der Waals surface area contributed by atoms with Crippen molar-refractivity contribution in [1.82, 2.24) is 4.98 Å². The maximum atomic E-state index is 12.2. The van der Waals surface area contributed by atoms with E-state index in [9.17, 15) is 13.6 Å². The molecule has 1 N–H and O–H groups in total. The van der Waals surface area contributed by atoms with Crippen LogP contribution in [0.1, 0.15) is 21.5 Å². The first kappa shape index (κ1) is 17.5. The van der Waals surface area contributed by atoms with Gasteiger partial charge < -0.3 is 10.1 Å². The van der Waals surface area contributed by atoms with Crippen molar-refractivity contribution in [2.45, 2.75) is 13.0 Å². The third kappa shape index (κ3) is 4.86. The number of carbonyl (C=O) groups is 1. The lowest BCUT2D eigenvalue weighted by atomic mass is 10.1. The molecule has 2 aromatic carbocycles. The molecule has 3 rings (SSSR count). The van der Waals surface area contributed by atoms with Crippen LogP contribution in [0.3, 0.4) is 0 Å². The number of nitrogens with one attached hydrogen (secondary N) is 1. The predicted molar refractivity (Wildman–Crippen MR) is 94.5 cm³/mol. The first-order valence-electron chi connectivity index (χ1n) is 7.94. The highest BCUT2D eigenvalue weighted by atomic mass is 19.3. The van der Waals surface area contributed by atoms with E-state index in [1.54, 1.807) is 12.4 Å². The molecule has 0 aliphatic heterocycles. The molecule has 1 amide bonds. The summed E-state index contributed by atoms with van der Waals surface area (Å²) in [4.78, 5) is 16.2. The second-order valence-corrected chi connectivity index (χ2v) is 5.59. The minimum atomic E-state index is -2.89. The Morgan fingerprint density at radius 3 is 2.15 bits per heavy atom. The highest BCUT2D eigenvalue weighted by Gasteiger charge is 2.08. The van der Waals surface area contributed by atoms with Gasteiger partial charge in [-0.25, -0.2) is 0 Å². The highest BCUT2D eigenvalue weighted by Crippen LogP contribution is 2.17. The molecule has 0 unspecified atom stereocenters. The van der Waals surface area contributed by atoms with Crippen LogP contribution in [-0.2, 0) is 6.42 Å². The second kappa shape index (κ2) is 8.20. The quantitative estimate of drug-likeness (QED) is 0.708. The van der Waals surface area contributed by atoms with Crippen molar-refractivity contribution >= 4 is 11.6 Å². The molecule has 0 saturated carbocycles. The molecule has 0 atom stereocenters. The van der Waals surface area contributed by atoms with Gasteiger partial charge in [-0.2, -0.15) is 8.78 Å². The summed E-state index contributed by atoms with van der Waals surface area (Å²) in [5, 5.41) is 2.77.